The second-order valence-electron chi connectivity index (χ2n) is 7.71. The Hall–Kier alpha value is -2.89. The molecule has 0 aliphatic carbocycles. The lowest BCUT2D eigenvalue weighted by atomic mass is 9.84. The maximum atomic E-state index is 12.4. The summed E-state index contributed by atoms with van der Waals surface area (Å²) in [5, 5.41) is 3.06. The lowest BCUT2D eigenvalue weighted by molar-refractivity contribution is -0.121. The molecule has 1 aliphatic rings. The summed E-state index contributed by atoms with van der Waals surface area (Å²) in [7, 11) is 3.21. The molecule has 6 heteroatoms. The van der Waals surface area contributed by atoms with E-state index in [1.165, 1.54) is 0 Å². The monoisotopic (exact) mass is 399 g/mol. The average molecular weight is 399 g/mol. The van der Waals surface area contributed by atoms with Crippen molar-refractivity contribution in [2.75, 3.05) is 34.0 Å². The van der Waals surface area contributed by atoms with Crippen LogP contribution in [0.2, 0.25) is 0 Å². The van der Waals surface area contributed by atoms with E-state index in [9.17, 15) is 4.79 Å². The van der Waals surface area contributed by atoms with Crippen LogP contribution in [0.25, 0.3) is 0 Å². The van der Waals surface area contributed by atoms with Gasteiger partial charge in [-0.05, 0) is 41.8 Å². The molecule has 1 heterocycles. The van der Waals surface area contributed by atoms with Gasteiger partial charge in [-0.1, -0.05) is 26.0 Å². The molecule has 1 aliphatic heterocycles. The topological polar surface area (TPSA) is 66.0 Å². The highest BCUT2D eigenvalue weighted by atomic mass is 16.6. The summed E-state index contributed by atoms with van der Waals surface area (Å²) in [4.78, 5) is 12.4. The van der Waals surface area contributed by atoms with Crippen LogP contribution in [0.4, 0.5) is 0 Å². The molecule has 0 atom stereocenters. The van der Waals surface area contributed by atoms with Crippen molar-refractivity contribution in [1.29, 1.82) is 0 Å². The van der Waals surface area contributed by atoms with Crippen molar-refractivity contribution in [2.24, 2.45) is 0 Å². The van der Waals surface area contributed by atoms with Gasteiger partial charge in [0.15, 0.2) is 23.0 Å². The van der Waals surface area contributed by atoms with E-state index in [-0.39, 0.29) is 11.3 Å². The number of aryl methyl sites for hydroxylation is 1. The van der Waals surface area contributed by atoms with Gasteiger partial charge in [-0.25, -0.2) is 0 Å². The average Bonchev–Trinajstić information content (AvgIpc) is 2.75. The largest absolute Gasteiger partial charge is 0.493 e. The normalized spacial score (nSPS) is 13.0. The van der Waals surface area contributed by atoms with Crippen LogP contribution in [0.5, 0.6) is 23.0 Å². The van der Waals surface area contributed by atoms with Crippen molar-refractivity contribution >= 4 is 5.91 Å². The summed E-state index contributed by atoms with van der Waals surface area (Å²) in [5.41, 5.74) is 1.90. The van der Waals surface area contributed by atoms with Crippen molar-refractivity contribution in [3.05, 3.63) is 47.5 Å². The van der Waals surface area contributed by atoms with Crippen molar-refractivity contribution in [2.45, 2.75) is 32.1 Å². The van der Waals surface area contributed by atoms with Gasteiger partial charge in [0.2, 0.25) is 5.91 Å². The molecule has 0 radical (unpaired) electrons. The highest BCUT2D eigenvalue weighted by Gasteiger charge is 2.24. The first kappa shape index (κ1) is 20.8. The van der Waals surface area contributed by atoms with E-state index in [0.717, 1.165) is 22.6 Å². The number of benzene rings is 2. The second-order valence-corrected chi connectivity index (χ2v) is 7.71. The van der Waals surface area contributed by atoms with Crippen molar-refractivity contribution in [3.63, 3.8) is 0 Å². The zero-order chi connectivity index (χ0) is 20.9. The van der Waals surface area contributed by atoms with Crippen LogP contribution in [-0.4, -0.2) is 39.9 Å². The van der Waals surface area contributed by atoms with Gasteiger partial charge in [0.05, 0.1) is 14.2 Å². The third-order valence-electron chi connectivity index (χ3n) is 5.14. The maximum Gasteiger partial charge on any atom is 0.220 e. The van der Waals surface area contributed by atoms with Gasteiger partial charge < -0.3 is 24.3 Å². The van der Waals surface area contributed by atoms with Crippen LogP contribution in [-0.2, 0) is 16.6 Å². The molecule has 0 saturated heterocycles. The Labute approximate surface area is 172 Å². The molecule has 0 saturated carbocycles. The number of methoxy groups -OCH3 is 2. The van der Waals surface area contributed by atoms with E-state index < -0.39 is 0 Å². The molecule has 29 heavy (non-hydrogen) atoms. The van der Waals surface area contributed by atoms with E-state index in [4.69, 9.17) is 18.9 Å². The van der Waals surface area contributed by atoms with Crippen LogP contribution in [0.15, 0.2) is 36.4 Å². The molecule has 2 aromatic carbocycles. The van der Waals surface area contributed by atoms with Gasteiger partial charge in [-0.15, -0.1) is 0 Å². The Bertz CT molecular complexity index is 862. The number of ether oxygens (including phenoxy) is 4. The molecular weight excluding hydrogens is 370 g/mol. The van der Waals surface area contributed by atoms with Gasteiger partial charge >= 0.3 is 0 Å². The molecule has 156 valence electrons. The Kier molecular flexibility index (Phi) is 6.52. The van der Waals surface area contributed by atoms with Crippen molar-refractivity contribution in [1.82, 2.24) is 5.32 Å². The highest BCUT2D eigenvalue weighted by Crippen LogP contribution is 2.35. The molecule has 0 bridgehead atoms. The minimum Gasteiger partial charge on any atom is -0.493 e. The number of rotatable bonds is 8. The smallest absolute Gasteiger partial charge is 0.220 e. The molecule has 0 aromatic heterocycles. The maximum absolute atomic E-state index is 12.4. The molecule has 2 aromatic rings. The number of hydrogen-bond acceptors (Lipinski definition) is 5. The van der Waals surface area contributed by atoms with Crippen LogP contribution < -0.4 is 24.3 Å². The Morgan fingerprint density at radius 1 is 1.00 bits per heavy atom. The fourth-order valence-corrected chi connectivity index (χ4v) is 3.27. The Morgan fingerprint density at radius 3 is 2.45 bits per heavy atom. The van der Waals surface area contributed by atoms with E-state index >= 15 is 0 Å². The molecule has 0 spiro atoms. The van der Waals surface area contributed by atoms with Crippen LogP contribution in [0, 0.1) is 0 Å². The lowest BCUT2D eigenvalue weighted by Crippen LogP contribution is -2.36. The summed E-state index contributed by atoms with van der Waals surface area (Å²) in [6, 6.07) is 11.7. The molecule has 6 nitrogen and oxygen atoms in total. The summed E-state index contributed by atoms with van der Waals surface area (Å²) in [5.74, 6) is 2.91. The summed E-state index contributed by atoms with van der Waals surface area (Å²) < 4.78 is 21.8. The van der Waals surface area contributed by atoms with Crippen LogP contribution in [0.3, 0.4) is 0 Å². The van der Waals surface area contributed by atoms with Gasteiger partial charge in [0.1, 0.15) is 13.2 Å². The number of carbonyl (C=O) groups is 1. The van der Waals surface area contributed by atoms with Gasteiger partial charge in [-0.3, -0.25) is 4.79 Å². The zero-order valence-corrected chi connectivity index (χ0v) is 17.5. The summed E-state index contributed by atoms with van der Waals surface area (Å²) >= 11 is 0. The van der Waals surface area contributed by atoms with Gasteiger partial charge in [-0.2, -0.15) is 0 Å². The predicted octanol–water partition coefficient (Wildman–Crippen LogP) is 3.50. The van der Waals surface area contributed by atoms with Crippen LogP contribution >= 0.6 is 0 Å². The number of hydrogen-bond donors (Lipinski definition) is 1. The molecule has 3 rings (SSSR count). The number of carbonyl (C=O) groups excluding carboxylic acids is 1. The minimum atomic E-state index is -0.227. The SMILES string of the molecule is COc1ccc(CCC(=O)NCC(C)(C)c2ccc3c(c2)OCCO3)cc1OC. The Morgan fingerprint density at radius 2 is 1.72 bits per heavy atom. The van der Waals surface area contributed by atoms with E-state index in [2.05, 4.69) is 19.2 Å². The lowest BCUT2D eigenvalue weighted by Gasteiger charge is -2.28. The fourth-order valence-electron chi connectivity index (χ4n) is 3.27. The minimum absolute atomic E-state index is 0.0189. The first-order chi connectivity index (χ1) is 13.9. The van der Waals surface area contributed by atoms with Crippen molar-refractivity contribution < 1.29 is 23.7 Å². The first-order valence-electron chi connectivity index (χ1n) is 9.80. The van der Waals surface area contributed by atoms with Gasteiger partial charge in [0.25, 0.3) is 0 Å². The number of amides is 1. The van der Waals surface area contributed by atoms with Crippen LogP contribution in [0.1, 0.15) is 31.4 Å². The van der Waals surface area contributed by atoms with E-state index in [1.54, 1.807) is 14.2 Å². The fraction of sp³-hybridized carbons (Fsp3) is 0.435. The highest BCUT2D eigenvalue weighted by molar-refractivity contribution is 5.76. The first-order valence-corrected chi connectivity index (χ1v) is 9.80. The summed E-state index contributed by atoms with van der Waals surface area (Å²) in [6.45, 7) is 5.88. The second kappa shape index (κ2) is 9.07. The summed E-state index contributed by atoms with van der Waals surface area (Å²) in [6.07, 6.45) is 1.04. The third kappa shape index (κ3) is 5.13. The van der Waals surface area contributed by atoms with Gasteiger partial charge in [0, 0.05) is 18.4 Å². The standard InChI is InChI=1S/C23H29NO5/c1-23(2,17-7-9-19-21(14-17)29-12-11-28-19)15-24-22(25)10-6-16-5-8-18(26-3)20(13-16)27-4/h5,7-9,13-14H,6,10-12,15H2,1-4H3,(H,24,25). The molecule has 1 amide bonds. The Balaban J connectivity index is 1.54. The number of nitrogens with one attached hydrogen (secondary N) is 1. The van der Waals surface area contributed by atoms with E-state index in [0.29, 0.717) is 44.1 Å². The quantitative estimate of drug-likeness (QED) is 0.736. The zero-order valence-electron chi connectivity index (χ0n) is 17.5. The third-order valence-corrected chi connectivity index (χ3v) is 5.14. The van der Waals surface area contributed by atoms with E-state index in [1.807, 2.05) is 36.4 Å². The molecule has 0 unspecified atom stereocenters. The van der Waals surface area contributed by atoms with Crippen molar-refractivity contribution in [3.8, 4) is 23.0 Å². The molecule has 1 N–H and O–H groups in total. The molecular formula is C23H29NO5. The number of fused-ring (bicyclic) bond motifs is 1. The predicted molar refractivity (Wildman–Crippen MR) is 111 cm³/mol. The molecule has 0 fully saturated rings.